The van der Waals surface area contributed by atoms with Gasteiger partial charge in [0.2, 0.25) is 0 Å². The summed E-state index contributed by atoms with van der Waals surface area (Å²) in [4.78, 5) is 20.3. The van der Waals surface area contributed by atoms with E-state index in [4.69, 9.17) is 20.4 Å². The van der Waals surface area contributed by atoms with Gasteiger partial charge in [0, 0.05) is 12.5 Å². The minimum absolute atomic E-state index is 0.0255. The molecule has 0 saturated carbocycles. The highest BCUT2D eigenvalue weighted by atomic mass is 16.5. The van der Waals surface area contributed by atoms with Gasteiger partial charge in [0.15, 0.2) is 0 Å². The highest BCUT2D eigenvalue weighted by molar-refractivity contribution is 5.91. The van der Waals surface area contributed by atoms with Crippen LogP contribution < -0.4 is 0 Å². The highest BCUT2D eigenvalue weighted by Gasteiger charge is 2.05. The largest absolute Gasteiger partial charge is 0.477 e. The Bertz CT molecular complexity index is 377. The number of esters is 1. The molecule has 1 aliphatic rings. The van der Waals surface area contributed by atoms with Gasteiger partial charge in [-0.25, -0.2) is 4.79 Å². The summed E-state index contributed by atoms with van der Waals surface area (Å²) in [6.45, 7) is 0.638. The van der Waals surface area contributed by atoms with Gasteiger partial charge in [0.1, 0.15) is 11.6 Å². The van der Waals surface area contributed by atoms with Crippen molar-refractivity contribution in [2.75, 3.05) is 6.61 Å². The number of carbonyl (C=O) groups excluding carboxylic acids is 1. The van der Waals surface area contributed by atoms with Gasteiger partial charge in [-0.05, 0) is 19.3 Å². The van der Waals surface area contributed by atoms with Crippen molar-refractivity contribution in [1.29, 1.82) is 10.5 Å². The van der Waals surface area contributed by atoms with Crippen LogP contribution in [0.1, 0.15) is 25.7 Å². The van der Waals surface area contributed by atoms with Crippen LogP contribution >= 0.6 is 0 Å². The summed E-state index contributed by atoms with van der Waals surface area (Å²) in [5, 5.41) is 23.9. The van der Waals surface area contributed by atoms with Gasteiger partial charge in [-0.15, -0.1) is 0 Å². The molecule has 0 amide bonds. The molecule has 17 heavy (non-hydrogen) atoms. The fourth-order valence-corrected chi connectivity index (χ4v) is 1.01. The summed E-state index contributed by atoms with van der Waals surface area (Å²) in [5.41, 5.74) is -0.544. The molecule has 0 unspecified atom stereocenters. The Morgan fingerprint density at radius 3 is 2.53 bits per heavy atom. The van der Waals surface area contributed by atoms with Crippen molar-refractivity contribution < 1.29 is 19.4 Å². The second-order valence-electron chi connectivity index (χ2n) is 3.14. The lowest BCUT2D eigenvalue weighted by molar-refractivity contribution is -0.142. The summed E-state index contributed by atoms with van der Waals surface area (Å²) in [6, 6.07) is 2.78. The number of carboxylic acids is 1. The summed E-state index contributed by atoms with van der Waals surface area (Å²) in [7, 11) is 0. The lowest BCUT2D eigenvalue weighted by atomic mass is 10.2. The predicted molar refractivity (Wildman–Crippen MR) is 56.4 cm³/mol. The number of ether oxygens (including phenoxy) is 1. The quantitative estimate of drug-likeness (QED) is 0.415. The van der Waals surface area contributed by atoms with Crippen LogP contribution in [0.5, 0.6) is 0 Å². The van der Waals surface area contributed by atoms with E-state index in [1.165, 1.54) is 12.1 Å². The number of cyclic esters (lactones) is 1. The Labute approximate surface area is 98.7 Å². The van der Waals surface area contributed by atoms with Gasteiger partial charge in [0.25, 0.3) is 0 Å². The number of carboxylic acid groups (broad SMARTS) is 1. The summed E-state index contributed by atoms with van der Waals surface area (Å²) < 4.78 is 4.76. The molecule has 6 heteroatoms. The minimum Gasteiger partial charge on any atom is -0.477 e. The van der Waals surface area contributed by atoms with Crippen molar-refractivity contribution in [3.05, 3.63) is 11.6 Å². The van der Waals surface area contributed by atoms with E-state index in [1.54, 1.807) is 0 Å². The molecule has 1 fully saturated rings. The van der Waals surface area contributed by atoms with Gasteiger partial charge in [0.05, 0.1) is 12.7 Å². The van der Waals surface area contributed by atoms with E-state index < -0.39 is 11.5 Å². The maximum Gasteiger partial charge on any atom is 0.347 e. The second kappa shape index (κ2) is 8.93. The first-order valence-electron chi connectivity index (χ1n) is 5.00. The normalized spacial score (nSPS) is 15.2. The van der Waals surface area contributed by atoms with Gasteiger partial charge in [-0.3, -0.25) is 4.79 Å². The molecule has 0 radical (unpaired) electrons. The third-order valence-corrected chi connectivity index (χ3v) is 1.85. The van der Waals surface area contributed by atoms with Gasteiger partial charge in [-0.2, -0.15) is 10.5 Å². The van der Waals surface area contributed by atoms with E-state index >= 15 is 0 Å². The molecule has 1 aliphatic heterocycles. The molecule has 1 saturated heterocycles. The van der Waals surface area contributed by atoms with Crippen LogP contribution in [0.15, 0.2) is 11.6 Å². The molecule has 0 aromatic rings. The molecule has 1 heterocycles. The van der Waals surface area contributed by atoms with E-state index in [1.807, 2.05) is 0 Å². The fraction of sp³-hybridized carbons (Fsp3) is 0.455. The van der Waals surface area contributed by atoms with Crippen LogP contribution in [0, 0.1) is 22.7 Å². The zero-order chi connectivity index (χ0) is 13.1. The van der Waals surface area contributed by atoms with Crippen molar-refractivity contribution in [3.63, 3.8) is 0 Å². The SMILES string of the molecule is N#CC=C(C#N)C(=O)O.O=C1CCCCCO1. The monoisotopic (exact) mass is 236 g/mol. The molecule has 0 aliphatic carbocycles. The zero-order valence-corrected chi connectivity index (χ0v) is 9.18. The smallest absolute Gasteiger partial charge is 0.347 e. The zero-order valence-electron chi connectivity index (χ0n) is 9.18. The molecule has 0 bridgehead atoms. The Hall–Kier alpha value is -2.34. The number of hydrogen-bond donors (Lipinski definition) is 1. The molecular weight excluding hydrogens is 224 g/mol. The maximum absolute atomic E-state index is 10.5. The molecule has 90 valence electrons. The van der Waals surface area contributed by atoms with E-state index in [0.29, 0.717) is 19.1 Å². The van der Waals surface area contributed by atoms with E-state index in [0.717, 1.165) is 19.3 Å². The predicted octanol–water partition coefficient (Wildman–Crippen LogP) is 1.15. The van der Waals surface area contributed by atoms with Crippen LogP contribution in [-0.2, 0) is 14.3 Å². The van der Waals surface area contributed by atoms with Gasteiger partial charge >= 0.3 is 11.9 Å². The molecule has 1 N–H and O–H groups in total. The van der Waals surface area contributed by atoms with Crippen LogP contribution in [-0.4, -0.2) is 23.7 Å². The molecule has 0 aromatic carbocycles. The first kappa shape index (κ1) is 14.7. The van der Waals surface area contributed by atoms with Crippen LogP contribution in [0.3, 0.4) is 0 Å². The fourth-order valence-electron chi connectivity index (χ4n) is 1.01. The van der Waals surface area contributed by atoms with E-state index in [2.05, 4.69) is 0 Å². The highest BCUT2D eigenvalue weighted by Crippen LogP contribution is 2.06. The average Bonchev–Trinajstić information content (AvgIpc) is 2.54. The lowest BCUT2D eigenvalue weighted by Gasteiger charge is -1.93. The number of nitriles is 2. The number of hydrogen-bond acceptors (Lipinski definition) is 5. The number of allylic oxidation sites excluding steroid dienone is 1. The van der Waals surface area contributed by atoms with Crippen LogP contribution in [0.25, 0.3) is 0 Å². The Kier molecular flexibility index (Phi) is 7.70. The van der Waals surface area contributed by atoms with Gasteiger partial charge in [-0.1, -0.05) is 0 Å². The Morgan fingerprint density at radius 1 is 1.35 bits per heavy atom. The third kappa shape index (κ3) is 7.57. The van der Waals surface area contributed by atoms with Crippen LogP contribution in [0.2, 0.25) is 0 Å². The van der Waals surface area contributed by atoms with Crippen molar-refractivity contribution in [1.82, 2.24) is 0 Å². The maximum atomic E-state index is 10.5. The summed E-state index contributed by atoms with van der Waals surface area (Å²) >= 11 is 0. The molecule has 0 atom stereocenters. The lowest BCUT2D eigenvalue weighted by Crippen LogP contribution is -2.00. The first-order valence-corrected chi connectivity index (χ1v) is 5.00. The Balaban J connectivity index is 0.000000302. The van der Waals surface area contributed by atoms with Crippen LogP contribution in [0.4, 0.5) is 0 Å². The molecule has 6 nitrogen and oxygen atoms in total. The van der Waals surface area contributed by atoms with Crippen molar-refractivity contribution in [3.8, 4) is 12.1 Å². The number of nitrogens with zero attached hydrogens (tertiary/aromatic N) is 2. The summed E-state index contributed by atoms with van der Waals surface area (Å²) in [5.74, 6) is -1.40. The third-order valence-electron chi connectivity index (χ3n) is 1.85. The molecule has 0 aromatic heterocycles. The van der Waals surface area contributed by atoms with E-state index in [-0.39, 0.29) is 5.97 Å². The number of carbonyl (C=O) groups is 2. The topological polar surface area (TPSA) is 111 Å². The molecule has 1 rings (SSSR count). The van der Waals surface area contributed by atoms with Crippen molar-refractivity contribution in [2.24, 2.45) is 0 Å². The second-order valence-corrected chi connectivity index (χ2v) is 3.14. The summed E-state index contributed by atoms with van der Waals surface area (Å²) in [6.07, 6.45) is 4.51. The Morgan fingerprint density at radius 2 is 2.06 bits per heavy atom. The van der Waals surface area contributed by atoms with Crippen molar-refractivity contribution >= 4 is 11.9 Å². The molecule has 0 spiro atoms. The van der Waals surface area contributed by atoms with E-state index in [9.17, 15) is 9.59 Å². The number of aliphatic carboxylic acids is 1. The number of rotatable bonds is 1. The average molecular weight is 236 g/mol. The van der Waals surface area contributed by atoms with Crippen molar-refractivity contribution in [2.45, 2.75) is 25.7 Å². The van der Waals surface area contributed by atoms with Gasteiger partial charge < -0.3 is 9.84 Å². The molecular formula is C11H12N2O4. The first-order chi connectivity index (χ1) is 8.11. The minimum atomic E-state index is -1.38. The standard InChI is InChI=1S/C6H10O2.C5H2N2O2/c7-6-4-2-1-3-5-8-6;6-2-1-4(3-7)5(8)9/h1-5H2;1H,(H,8,9).